The third-order valence-corrected chi connectivity index (χ3v) is 3.71. The van der Waals surface area contributed by atoms with Gasteiger partial charge >= 0.3 is 0 Å². The zero-order valence-electron chi connectivity index (χ0n) is 9.24. The molecule has 90 valence electrons. The van der Waals surface area contributed by atoms with Gasteiger partial charge in [-0.3, -0.25) is 0 Å². The number of hydrogen-bond donors (Lipinski definition) is 1. The van der Waals surface area contributed by atoms with E-state index in [1.54, 1.807) is 0 Å². The number of anilines is 1. The lowest BCUT2D eigenvalue weighted by atomic mass is 10.3. The van der Waals surface area contributed by atoms with Gasteiger partial charge in [0, 0.05) is 17.6 Å². The Hall–Kier alpha value is -1.27. The van der Waals surface area contributed by atoms with Crippen LogP contribution < -0.4 is 5.73 Å². The van der Waals surface area contributed by atoms with Crippen molar-refractivity contribution >= 4 is 29.1 Å². The minimum atomic E-state index is -0.525. The summed E-state index contributed by atoms with van der Waals surface area (Å²) in [6.07, 6.45) is 0. The Bertz CT molecular complexity index is 570. The van der Waals surface area contributed by atoms with Crippen LogP contribution in [0.5, 0.6) is 0 Å². The number of hydrogen-bond acceptors (Lipinski definition) is 4. The molecule has 7 heteroatoms. The van der Waals surface area contributed by atoms with Gasteiger partial charge < -0.3 is 10.3 Å². The highest BCUT2D eigenvalue weighted by Crippen LogP contribution is 2.34. The Morgan fingerprint density at radius 3 is 2.71 bits per heavy atom. The quantitative estimate of drug-likeness (QED) is 0.854. The minimum Gasteiger partial charge on any atom is -0.398 e. The monoisotopic (exact) mass is 272 g/mol. The molecule has 1 aromatic carbocycles. The van der Waals surface area contributed by atoms with Crippen molar-refractivity contribution < 1.29 is 4.39 Å². The molecule has 2 N–H and O–H groups in total. The number of aromatic nitrogens is 3. The van der Waals surface area contributed by atoms with Gasteiger partial charge in [0.2, 0.25) is 0 Å². The second-order valence-corrected chi connectivity index (χ2v) is 4.91. The van der Waals surface area contributed by atoms with Crippen molar-refractivity contribution in [3.63, 3.8) is 0 Å². The van der Waals surface area contributed by atoms with Crippen LogP contribution in [0.3, 0.4) is 0 Å². The smallest absolute Gasteiger partial charge is 0.195 e. The third kappa shape index (κ3) is 2.37. The molecule has 1 heterocycles. The maximum atomic E-state index is 13.1. The molecule has 0 atom stereocenters. The van der Waals surface area contributed by atoms with Crippen molar-refractivity contribution in [3.8, 4) is 0 Å². The molecule has 2 aromatic rings. The fourth-order valence-corrected chi connectivity index (χ4v) is 2.34. The van der Waals surface area contributed by atoms with Crippen molar-refractivity contribution in [2.75, 3.05) is 5.73 Å². The number of benzene rings is 1. The Morgan fingerprint density at radius 1 is 1.41 bits per heavy atom. The van der Waals surface area contributed by atoms with Crippen molar-refractivity contribution in [1.82, 2.24) is 14.8 Å². The summed E-state index contributed by atoms with van der Waals surface area (Å²) in [6.45, 7) is 1.85. The summed E-state index contributed by atoms with van der Waals surface area (Å²) in [5.74, 6) is 0.266. The van der Waals surface area contributed by atoms with Gasteiger partial charge in [-0.25, -0.2) is 4.39 Å². The van der Waals surface area contributed by atoms with E-state index >= 15 is 0 Å². The van der Waals surface area contributed by atoms with Crippen LogP contribution >= 0.6 is 23.4 Å². The van der Waals surface area contributed by atoms with Crippen LogP contribution in [0.4, 0.5) is 10.1 Å². The van der Waals surface area contributed by atoms with Crippen LogP contribution in [-0.2, 0) is 7.05 Å². The SMILES string of the molecule is Cc1nnc(Sc2cc(Cl)c(F)cc2N)n1C. The molecule has 2 rings (SSSR count). The fraction of sp³-hybridized carbons (Fsp3) is 0.200. The first-order valence-electron chi connectivity index (χ1n) is 4.77. The molecule has 0 radical (unpaired) electrons. The van der Waals surface area contributed by atoms with E-state index in [9.17, 15) is 4.39 Å². The first-order chi connectivity index (χ1) is 7.99. The van der Waals surface area contributed by atoms with E-state index in [1.807, 2.05) is 18.5 Å². The molecule has 0 bridgehead atoms. The molecule has 1 aromatic heterocycles. The van der Waals surface area contributed by atoms with E-state index in [-0.39, 0.29) is 5.02 Å². The average molecular weight is 273 g/mol. The molecule has 0 aliphatic heterocycles. The Balaban J connectivity index is 2.36. The summed E-state index contributed by atoms with van der Waals surface area (Å²) in [7, 11) is 1.85. The molecule has 0 unspecified atom stereocenters. The standard InChI is InChI=1S/C10H10ClFN4S/c1-5-14-15-10(16(5)2)17-9-3-6(11)7(12)4-8(9)13/h3-4H,13H2,1-2H3. The molecule has 17 heavy (non-hydrogen) atoms. The van der Waals surface area contributed by atoms with Crippen LogP contribution in [0, 0.1) is 12.7 Å². The van der Waals surface area contributed by atoms with E-state index in [1.165, 1.54) is 23.9 Å². The molecule has 0 saturated heterocycles. The van der Waals surface area contributed by atoms with E-state index < -0.39 is 5.82 Å². The molecule has 0 aliphatic carbocycles. The van der Waals surface area contributed by atoms with E-state index in [0.29, 0.717) is 15.7 Å². The Labute approximate surface area is 107 Å². The molecule has 0 saturated carbocycles. The zero-order valence-corrected chi connectivity index (χ0v) is 10.8. The highest BCUT2D eigenvalue weighted by Gasteiger charge is 2.12. The lowest BCUT2D eigenvalue weighted by Crippen LogP contribution is -1.95. The van der Waals surface area contributed by atoms with E-state index in [2.05, 4.69) is 10.2 Å². The molecule has 0 amide bonds. The molecular formula is C10H10ClFN4S. The van der Waals surface area contributed by atoms with E-state index in [4.69, 9.17) is 17.3 Å². The van der Waals surface area contributed by atoms with Gasteiger partial charge in [0.1, 0.15) is 11.6 Å². The summed E-state index contributed by atoms with van der Waals surface area (Å²) < 4.78 is 14.9. The van der Waals surface area contributed by atoms with Gasteiger partial charge in [-0.15, -0.1) is 10.2 Å². The predicted octanol–water partition coefficient (Wildman–Crippen LogP) is 2.65. The zero-order chi connectivity index (χ0) is 12.6. The largest absolute Gasteiger partial charge is 0.398 e. The second kappa shape index (κ2) is 4.54. The lowest BCUT2D eigenvalue weighted by molar-refractivity contribution is 0.628. The van der Waals surface area contributed by atoms with Crippen molar-refractivity contribution in [3.05, 3.63) is 28.8 Å². The highest BCUT2D eigenvalue weighted by molar-refractivity contribution is 7.99. The number of nitrogens with two attached hydrogens (primary N) is 1. The van der Waals surface area contributed by atoms with Crippen LogP contribution in [0.25, 0.3) is 0 Å². The first-order valence-corrected chi connectivity index (χ1v) is 5.97. The van der Waals surface area contributed by atoms with Crippen LogP contribution in [0.1, 0.15) is 5.82 Å². The van der Waals surface area contributed by atoms with Crippen LogP contribution in [-0.4, -0.2) is 14.8 Å². The van der Waals surface area contributed by atoms with Crippen molar-refractivity contribution in [2.24, 2.45) is 7.05 Å². The average Bonchev–Trinajstić information content (AvgIpc) is 2.58. The maximum absolute atomic E-state index is 13.1. The first kappa shape index (κ1) is 12.2. The molecule has 0 fully saturated rings. The van der Waals surface area contributed by atoms with E-state index in [0.717, 1.165) is 5.82 Å². The molecule has 4 nitrogen and oxygen atoms in total. The maximum Gasteiger partial charge on any atom is 0.195 e. The normalized spacial score (nSPS) is 10.8. The number of rotatable bonds is 2. The summed E-state index contributed by atoms with van der Waals surface area (Å²) in [6, 6.07) is 2.69. The van der Waals surface area contributed by atoms with Gasteiger partial charge in [-0.1, -0.05) is 11.6 Å². The number of aryl methyl sites for hydroxylation is 1. The topological polar surface area (TPSA) is 56.7 Å². The number of nitrogens with zero attached hydrogens (tertiary/aromatic N) is 3. The van der Waals surface area contributed by atoms with Crippen molar-refractivity contribution in [2.45, 2.75) is 17.0 Å². The Morgan fingerprint density at radius 2 is 2.12 bits per heavy atom. The fourth-order valence-electron chi connectivity index (χ4n) is 1.21. The van der Waals surface area contributed by atoms with Gasteiger partial charge in [-0.05, 0) is 30.8 Å². The molecular weight excluding hydrogens is 263 g/mol. The summed E-state index contributed by atoms with van der Waals surface area (Å²) in [5.41, 5.74) is 6.05. The van der Waals surface area contributed by atoms with Gasteiger partial charge in [-0.2, -0.15) is 0 Å². The van der Waals surface area contributed by atoms with Gasteiger partial charge in [0.05, 0.1) is 5.02 Å². The summed E-state index contributed by atoms with van der Waals surface area (Å²) in [4.78, 5) is 0.659. The van der Waals surface area contributed by atoms with Crippen LogP contribution in [0.2, 0.25) is 5.02 Å². The second-order valence-electron chi connectivity index (χ2n) is 3.50. The van der Waals surface area contributed by atoms with Crippen LogP contribution in [0.15, 0.2) is 22.2 Å². The molecule has 0 spiro atoms. The summed E-state index contributed by atoms with van der Waals surface area (Å²) >= 11 is 7.01. The highest BCUT2D eigenvalue weighted by atomic mass is 35.5. The van der Waals surface area contributed by atoms with Crippen molar-refractivity contribution in [1.29, 1.82) is 0 Å². The predicted molar refractivity (Wildman–Crippen MR) is 65.7 cm³/mol. The third-order valence-electron chi connectivity index (χ3n) is 2.31. The number of nitrogen functional groups attached to an aromatic ring is 1. The molecule has 0 aliphatic rings. The summed E-state index contributed by atoms with van der Waals surface area (Å²) in [5, 5.41) is 8.63. The number of halogens is 2. The Kier molecular flexibility index (Phi) is 3.26. The van der Waals surface area contributed by atoms with Gasteiger partial charge in [0.25, 0.3) is 0 Å². The van der Waals surface area contributed by atoms with Gasteiger partial charge in [0.15, 0.2) is 5.16 Å². The minimum absolute atomic E-state index is 0.0422. The lowest BCUT2D eigenvalue weighted by Gasteiger charge is -2.06.